The van der Waals surface area contributed by atoms with E-state index in [2.05, 4.69) is 87.8 Å². The third-order valence-corrected chi connectivity index (χ3v) is 9.65. The number of anilines is 2. The van der Waals surface area contributed by atoms with Crippen LogP contribution in [0.25, 0.3) is 23.8 Å². The van der Waals surface area contributed by atoms with Crippen LogP contribution in [0.3, 0.4) is 0 Å². The van der Waals surface area contributed by atoms with E-state index in [1.54, 1.807) is 18.7 Å². The molecule has 0 saturated carbocycles. The van der Waals surface area contributed by atoms with Crippen molar-refractivity contribution < 1.29 is 188 Å². The zero-order valence-corrected chi connectivity index (χ0v) is 52.5. The van der Waals surface area contributed by atoms with Gasteiger partial charge in [-0.05, 0) is 107 Å². The molecule has 6 heterocycles. The van der Waals surface area contributed by atoms with Gasteiger partial charge in [0.2, 0.25) is 11.9 Å². The van der Waals surface area contributed by atoms with Crippen LogP contribution >= 0.6 is 0 Å². The summed E-state index contributed by atoms with van der Waals surface area (Å²) in [6.45, 7) is 27.4. The van der Waals surface area contributed by atoms with E-state index >= 15 is 0 Å². The molecule has 6 aromatic rings. The molecule has 6 rings (SSSR count). The number of carbonyl (C=O) groups excluding carboxylic acids is 4. The second-order valence-corrected chi connectivity index (χ2v) is 15.2. The quantitative estimate of drug-likeness (QED) is 0.0397. The first kappa shape index (κ1) is 100. The van der Waals surface area contributed by atoms with Gasteiger partial charge in [0, 0.05) is 49.0 Å². The smallest absolute Gasteiger partial charge is 2.00 e. The molecule has 42 heteroatoms. The summed E-state index contributed by atoms with van der Waals surface area (Å²) in [5, 5.41) is 118. The molecule has 84 heavy (non-hydrogen) atoms. The fourth-order valence-electron chi connectivity index (χ4n) is 6.20. The van der Waals surface area contributed by atoms with Crippen LogP contribution in [0.1, 0.15) is 73.2 Å². The van der Waals surface area contributed by atoms with E-state index in [1.165, 1.54) is 0 Å². The van der Waals surface area contributed by atoms with E-state index in [9.17, 15) is 39.6 Å². The maximum Gasteiger partial charge on any atom is 4.00 e. The van der Waals surface area contributed by atoms with Crippen molar-refractivity contribution in [3.8, 4) is 23.8 Å². The topological polar surface area (TPSA) is 669 Å². The fourth-order valence-corrected chi connectivity index (χ4v) is 6.20. The van der Waals surface area contributed by atoms with Crippen LogP contribution in [0.2, 0.25) is 0 Å². The zero-order valence-electron chi connectivity index (χ0n) is 46.9. The van der Waals surface area contributed by atoms with Crippen molar-refractivity contribution in [2.45, 2.75) is 108 Å². The Hall–Kier alpha value is -5.88. The Balaban J connectivity index is -0.000000109. The second kappa shape index (κ2) is 48.4. The van der Waals surface area contributed by atoms with Gasteiger partial charge >= 0.3 is 74.2 Å². The van der Waals surface area contributed by atoms with Crippen LogP contribution in [0.4, 0.5) is 11.9 Å². The molecule has 0 aromatic carbocycles. The van der Waals surface area contributed by atoms with Gasteiger partial charge in [-0.15, -0.1) is 0 Å². The van der Waals surface area contributed by atoms with Gasteiger partial charge in [0.15, 0.2) is 0 Å². The normalized spacial score (nSPS) is 10.5. The maximum atomic E-state index is 9.63. The Morgan fingerprint density at radius 3 is 0.655 bits per heavy atom. The molecule has 0 bridgehead atoms. The van der Waals surface area contributed by atoms with E-state index in [0.717, 1.165) is 71.7 Å². The molecule has 0 aliphatic heterocycles. The number of carboxylic acids is 4. The zero-order chi connectivity index (χ0) is 56.9. The summed E-state index contributed by atoms with van der Waals surface area (Å²) in [6, 6.07) is 8.02. The largest absolute Gasteiger partial charge is 4.00 e. The van der Waals surface area contributed by atoms with Gasteiger partial charge < -0.3 is 124 Å². The van der Waals surface area contributed by atoms with Crippen LogP contribution in [0, 0.1) is 55.4 Å². The van der Waals surface area contributed by atoms with Gasteiger partial charge in [-0.1, -0.05) is 0 Å². The van der Waals surface area contributed by atoms with E-state index in [1.807, 2.05) is 79.7 Å². The number of carbonyl (C=O) groups is 4. The molecule has 10 N–H and O–H groups in total. The van der Waals surface area contributed by atoms with Gasteiger partial charge in [-0.2, -0.15) is 50.3 Å². The summed E-state index contributed by atoms with van der Waals surface area (Å²) >= 11 is 0. The van der Waals surface area contributed by atoms with Crippen molar-refractivity contribution in [2.24, 2.45) is 0 Å². The number of hydrogen-bond acceptors (Lipinski definition) is 28. The van der Waals surface area contributed by atoms with Crippen molar-refractivity contribution in [2.75, 3.05) is 36.0 Å². The van der Waals surface area contributed by atoms with Crippen LogP contribution in [0.15, 0.2) is 24.3 Å². The third kappa shape index (κ3) is 28.8. The first-order valence-corrected chi connectivity index (χ1v) is 21.8. The summed E-state index contributed by atoms with van der Waals surface area (Å²) in [5.41, 5.74) is 7.62. The van der Waals surface area contributed by atoms with E-state index < -0.39 is 48.3 Å². The molecule has 4 atom stereocenters. The van der Waals surface area contributed by atoms with Gasteiger partial charge in [-0.3, -0.25) is 0 Å². The Morgan fingerprint density at radius 1 is 0.393 bits per heavy atom. The number of aliphatic hydroxyl groups is 4. The number of aromatic nitrogens is 14. The van der Waals surface area contributed by atoms with Crippen LogP contribution in [0.5, 0.6) is 0 Å². The average molecular weight is 1350 g/mol. The number of rotatable bonds is 16. The summed E-state index contributed by atoms with van der Waals surface area (Å²) < 4.78 is 7.00. The van der Waals surface area contributed by atoms with Gasteiger partial charge in [-0.25, -0.2) is 18.7 Å². The van der Waals surface area contributed by atoms with Crippen LogP contribution < -0.4 is 51.3 Å². The van der Waals surface area contributed by atoms with Gasteiger partial charge in [0.05, 0.1) is 46.7 Å². The van der Waals surface area contributed by atoms with Gasteiger partial charge in [0.25, 0.3) is 23.8 Å². The molecular weight excluding hydrogens is 1280 g/mol. The molecule has 0 saturated heterocycles. The SMILES string of the molecule is CCN(CC)c1nc(-n2nc(C)cc2C)nc(-n2nc(C)cc2C)n1.CCN(CC)c1nc(-n2nc(C)cc2C)nc(-n2nc(C)cc2C)n1.O=C([O-])[C@@H](O)[C@H](O)C(=O)[O-].O=C([O-])[C@H](O)[C@@H](O)C(=O)[O-].[O-2].[O-2].[O-2].[O-2].[O-][O-].[O-][O-].[OH3+].[OH3+].[V+4].[V+4].[V+4].[V+4]. The summed E-state index contributed by atoms with van der Waals surface area (Å²) in [6.07, 6.45) is -9.76. The van der Waals surface area contributed by atoms with Crippen molar-refractivity contribution in [1.82, 2.24) is 69.0 Å². The molecule has 0 unspecified atom stereocenters. The van der Waals surface area contributed by atoms with Crippen LogP contribution in [-0.4, -0.2) is 164 Å². The molecule has 6 aromatic heterocycles. The number of carboxylic acid groups (broad SMARTS) is 4. The van der Waals surface area contributed by atoms with E-state index in [4.69, 9.17) is 41.5 Å². The molecule has 0 amide bonds. The molecule has 4 radical (unpaired) electrons. The van der Waals surface area contributed by atoms with Crippen molar-refractivity contribution in [1.29, 1.82) is 0 Å². The Bertz CT molecular complexity index is 2440. The average Bonchev–Trinajstić information content (AvgIpc) is 4.12. The minimum absolute atomic E-state index is 0. The van der Waals surface area contributed by atoms with Gasteiger partial charge in [0.1, 0.15) is 24.4 Å². The molecular formula is C42H62N16O22V4+2. The molecule has 38 nitrogen and oxygen atoms in total. The standard InChI is InChI=1S/2C17H24N8.2C4H6O6.2O2.2H2O.4O.4V/c2*1-7-23(8-2)15-18-16(24-13(5)9-11(3)21-24)20-17(19-15)25-14(6)10-12(4)22-25;2*5-1(3(7)8)2(6)4(9)10;2*1-2;;;;;;;;;;/h2*9-10H,7-8H2,1-6H3;2*1-2,5-6H,(H,7,8)(H,9,10);;;2*1H2;;;;;;;;/q;;;;2*-2;;;4*-2;4*+4/p-2/t;;2*1-,2-;;;;;;;;;;;;/m..10............/s1. The first-order chi connectivity index (χ1) is 34.8. The number of aliphatic hydroxyl groups excluding tert-OH is 4. The first-order valence-electron chi connectivity index (χ1n) is 21.8. The molecule has 0 aliphatic rings. The minimum atomic E-state index is -2.44. The minimum Gasteiger partial charge on any atom is -2.00 e. The summed E-state index contributed by atoms with van der Waals surface area (Å²) in [4.78, 5) is 70.5. The monoisotopic (exact) mass is 1350 g/mol. The Morgan fingerprint density at radius 2 is 0.548 bits per heavy atom. The van der Waals surface area contributed by atoms with Crippen LogP contribution in [-0.2, 0) is 126 Å². The summed E-state index contributed by atoms with van der Waals surface area (Å²) in [5.74, 6) is -4.96. The molecule has 0 aliphatic carbocycles. The van der Waals surface area contributed by atoms with E-state index in [-0.39, 0.29) is 107 Å². The molecule has 0 spiro atoms. The third-order valence-electron chi connectivity index (χ3n) is 9.65. The second-order valence-electron chi connectivity index (χ2n) is 15.2. The number of aliphatic carboxylic acids is 4. The number of aryl methyl sites for hydroxylation is 8. The predicted octanol–water partition coefficient (Wildman–Crippen LogP) is -12.0. The fraction of sp³-hybridized carbons (Fsp3) is 0.476. The Labute approximate surface area is 527 Å². The van der Waals surface area contributed by atoms with Crippen molar-refractivity contribution >= 4 is 35.8 Å². The predicted molar refractivity (Wildman–Crippen MR) is 250 cm³/mol. The molecule has 460 valence electrons. The van der Waals surface area contributed by atoms with Crippen molar-refractivity contribution in [3.05, 3.63) is 69.8 Å². The summed E-state index contributed by atoms with van der Waals surface area (Å²) in [7, 11) is 0. The van der Waals surface area contributed by atoms with E-state index in [0.29, 0.717) is 35.7 Å². The molecule has 0 fully saturated rings. The Kier molecular flexibility index (Phi) is 57.6. The maximum absolute atomic E-state index is 9.63. The van der Waals surface area contributed by atoms with Crippen molar-refractivity contribution in [3.63, 3.8) is 0 Å². The number of nitrogens with zero attached hydrogens (tertiary/aromatic N) is 16. The number of hydrogen-bond donors (Lipinski definition) is 4.